The van der Waals surface area contributed by atoms with Crippen molar-refractivity contribution in [2.75, 3.05) is 26.2 Å². The zero-order valence-corrected chi connectivity index (χ0v) is 17.4. The lowest BCUT2D eigenvalue weighted by atomic mass is 9.74. The van der Waals surface area contributed by atoms with E-state index in [1.165, 1.54) is 5.56 Å². The lowest BCUT2D eigenvalue weighted by Gasteiger charge is -2.38. The number of hydrogen-bond acceptors (Lipinski definition) is 5. The highest BCUT2D eigenvalue weighted by Gasteiger charge is 2.43. The minimum Gasteiger partial charge on any atom is -0.492 e. The average molecular weight is 437 g/mol. The number of piperidine rings is 1. The predicted octanol–water partition coefficient (Wildman–Crippen LogP) is 4.17. The van der Waals surface area contributed by atoms with E-state index in [1.54, 1.807) is 12.3 Å². The highest BCUT2D eigenvalue weighted by atomic mass is 35.5. The van der Waals surface area contributed by atoms with Crippen LogP contribution < -0.4 is 9.47 Å². The van der Waals surface area contributed by atoms with Gasteiger partial charge in [-0.05, 0) is 38.1 Å². The van der Waals surface area contributed by atoms with Gasteiger partial charge in [0.05, 0.1) is 18.1 Å². The number of rotatable bonds is 6. The predicted molar refractivity (Wildman–Crippen MR) is 110 cm³/mol. The van der Waals surface area contributed by atoms with E-state index in [4.69, 9.17) is 37.8 Å². The summed E-state index contributed by atoms with van der Waals surface area (Å²) in [6, 6.07) is 7.63. The number of benzene rings is 1. The molecule has 1 N–H and O–H groups in total. The topological polar surface area (TPSA) is 71.9 Å². The van der Waals surface area contributed by atoms with Crippen LogP contribution in [0.25, 0.3) is 0 Å². The van der Waals surface area contributed by atoms with Crippen molar-refractivity contribution in [3.63, 3.8) is 0 Å². The van der Waals surface area contributed by atoms with Crippen LogP contribution in [0.1, 0.15) is 30.4 Å². The van der Waals surface area contributed by atoms with Gasteiger partial charge in [0.1, 0.15) is 23.3 Å². The molecule has 6 nitrogen and oxygen atoms in total. The van der Waals surface area contributed by atoms with Gasteiger partial charge in [-0.15, -0.1) is 0 Å². The first-order valence-electron chi connectivity index (χ1n) is 9.60. The second kappa shape index (κ2) is 8.38. The maximum absolute atomic E-state index is 10.8. The molecule has 8 heteroatoms. The van der Waals surface area contributed by atoms with Crippen molar-refractivity contribution in [1.82, 2.24) is 9.88 Å². The van der Waals surface area contributed by atoms with Gasteiger partial charge in [-0.2, -0.15) is 0 Å². The summed E-state index contributed by atoms with van der Waals surface area (Å²) in [4.78, 5) is 17.0. The van der Waals surface area contributed by atoms with E-state index in [-0.39, 0.29) is 18.4 Å². The minimum atomic E-state index is -0.749. The summed E-state index contributed by atoms with van der Waals surface area (Å²) >= 11 is 12.3. The van der Waals surface area contributed by atoms with E-state index < -0.39 is 5.97 Å². The summed E-state index contributed by atoms with van der Waals surface area (Å²) in [5.41, 5.74) is 1.87. The molecule has 1 spiro atoms. The van der Waals surface area contributed by atoms with Crippen LogP contribution >= 0.6 is 23.2 Å². The van der Waals surface area contributed by atoms with Crippen molar-refractivity contribution in [2.45, 2.75) is 31.3 Å². The average Bonchev–Trinajstić information content (AvgIpc) is 3.05. The van der Waals surface area contributed by atoms with Gasteiger partial charge < -0.3 is 19.5 Å². The van der Waals surface area contributed by atoms with Crippen LogP contribution in [0.3, 0.4) is 0 Å². The van der Waals surface area contributed by atoms with Crippen LogP contribution in [0, 0.1) is 0 Å². The fourth-order valence-corrected chi connectivity index (χ4v) is 4.51. The van der Waals surface area contributed by atoms with Gasteiger partial charge in [0.2, 0.25) is 0 Å². The molecule has 0 saturated carbocycles. The maximum Gasteiger partial charge on any atom is 0.304 e. The fourth-order valence-electron chi connectivity index (χ4n) is 4.04. The monoisotopic (exact) mass is 436 g/mol. The summed E-state index contributed by atoms with van der Waals surface area (Å²) in [6.07, 6.45) is 3.66. The number of nitrogens with zero attached hydrogens (tertiary/aromatic N) is 2. The van der Waals surface area contributed by atoms with E-state index in [0.717, 1.165) is 31.7 Å². The summed E-state index contributed by atoms with van der Waals surface area (Å²) in [5.74, 6) is 0.793. The molecule has 0 radical (unpaired) electrons. The van der Waals surface area contributed by atoms with Crippen LogP contribution in [0.5, 0.6) is 11.5 Å². The van der Waals surface area contributed by atoms with Gasteiger partial charge >= 0.3 is 5.97 Å². The molecule has 4 rings (SSSR count). The molecule has 0 atom stereocenters. The smallest absolute Gasteiger partial charge is 0.304 e. The Balaban J connectivity index is 1.41. The molecule has 2 aliphatic rings. The Labute approximate surface area is 179 Å². The van der Waals surface area contributed by atoms with Crippen molar-refractivity contribution in [1.29, 1.82) is 0 Å². The number of fused-ring (bicyclic) bond motifs is 2. The van der Waals surface area contributed by atoms with Gasteiger partial charge in [-0.25, -0.2) is 4.98 Å². The standard InChI is InChI=1S/C21H22Cl2N2O4/c22-17-3-7-24-20(23)15(17)12-28-14-1-2-16-18(11-14)29-13-21(16)5-9-25(10-6-21)8-4-19(26)27/h1-3,7,11H,4-6,8-10,12-13H2,(H,26,27). The Morgan fingerprint density at radius 3 is 2.79 bits per heavy atom. The van der Waals surface area contributed by atoms with E-state index in [0.29, 0.717) is 34.6 Å². The van der Waals surface area contributed by atoms with Crippen LogP contribution in [0.15, 0.2) is 30.5 Å². The molecule has 0 unspecified atom stereocenters. The van der Waals surface area contributed by atoms with Gasteiger partial charge in [-0.1, -0.05) is 29.3 Å². The highest BCUT2D eigenvalue weighted by Crippen LogP contribution is 2.46. The summed E-state index contributed by atoms with van der Waals surface area (Å²) in [6.45, 7) is 3.25. The number of likely N-dealkylation sites (tertiary alicyclic amines) is 1. The third kappa shape index (κ3) is 4.29. The summed E-state index contributed by atoms with van der Waals surface area (Å²) in [5, 5.41) is 9.74. The van der Waals surface area contributed by atoms with Crippen molar-refractivity contribution in [2.24, 2.45) is 0 Å². The van der Waals surface area contributed by atoms with Crippen molar-refractivity contribution in [3.8, 4) is 11.5 Å². The van der Waals surface area contributed by atoms with Crippen molar-refractivity contribution in [3.05, 3.63) is 51.8 Å². The number of halogens is 2. The molecule has 1 aromatic heterocycles. The van der Waals surface area contributed by atoms with Crippen LogP contribution in [0.2, 0.25) is 10.2 Å². The number of aromatic nitrogens is 1. The largest absolute Gasteiger partial charge is 0.492 e. The molecular weight excluding hydrogens is 415 g/mol. The number of carboxylic acids is 1. The van der Waals surface area contributed by atoms with Gasteiger partial charge in [0, 0.05) is 35.3 Å². The second-order valence-corrected chi connectivity index (χ2v) is 8.33. The number of carbonyl (C=O) groups is 1. The molecule has 0 bridgehead atoms. The molecule has 1 fully saturated rings. The number of aliphatic carboxylic acids is 1. The zero-order chi connectivity index (χ0) is 20.4. The normalized spacial score (nSPS) is 17.7. The van der Waals surface area contributed by atoms with E-state index >= 15 is 0 Å². The molecule has 2 aromatic rings. The molecule has 1 aromatic carbocycles. The summed E-state index contributed by atoms with van der Waals surface area (Å²) in [7, 11) is 0. The Morgan fingerprint density at radius 1 is 1.28 bits per heavy atom. The molecule has 154 valence electrons. The van der Waals surface area contributed by atoms with Crippen LogP contribution in [-0.4, -0.2) is 47.2 Å². The molecule has 2 aliphatic heterocycles. The lowest BCUT2D eigenvalue weighted by Crippen LogP contribution is -2.44. The Bertz CT molecular complexity index is 893. The Kier molecular flexibility index (Phi) is 5.86. The SMILES string of the molecule is O=C(O)CCN1CCC2(CC1)COc1cc(OCc3c(Cl)ccnc3Cl)ccc12. The van der Waals surface area contributed by atoms with Crippen molar-refractivity contribution < 1.29 is 19.4 Å². The first-order chi connectivity index (χ1) is 14.0. The Hall–Kier alpha value is -2.02. The van der Waals surface area contributed by atoms with Crippen molar-refractivity contribution >= 4 is 29.2 Å². The quantitative estimate of drug-likeness (QED) is 0.685. The lowest BCUT2D eigenvalue weighted by molar-refractivity contribution is -0.137. The van der Waals surface area contributed by atoms with Gasteiger partial charge in [0.25, 0.3) is 0 Å². The first kappa shape index (κ1) is 20.3. The third-order valence-electron chi connectivity index (χ3n) is 5.81. The summed E-state index contributed by atoms with van der Waals surface area (Å²) < 4.78 is 11.9. The zero-order valence-electron chi connectivity index (χ0n) is 15.9. The number of hydrogen-bond donors (Lipinski definition) is 1. The number of ether oxygens (including phenoxy) is 2. The first-order valence-corrected chi connectivity index (χ1v) is 10.4. The highest BCUT2D eigenvalue weighted by molar-refractivity contribution is 6.35. The molecule has 0 aliphatic carbocycles. The van der Waals surface area contributed by atoms with E-state index in [9.17, 15) is 4.79 Å². The molecule has 3 heterocycles. The van der Waals surface area contributed by atoms with Gasteiger partial charge in [-0.3, -0.25) is 4.79 Å². The molecule has 1 saturated heterocycles. The minimum absolute atomic E-state index is 0.00353. The van der Waals surface area contributed by atoms with Crippen LogP contribution in [-0.2, 0) is 16.8 Å². The van der Waals surface area contributed by atoms with E-state index in [2.05, 4.69) is 16.0 Å². The maximum atomic E-state index is 10.8. The van der Waals surface area contributed by atoms with Crippen LogP contribution in [0.4, 0.5) is 0 Å². The Morgan fingerprint density at radius 2 is 2.07 bits per heavy atom. The fraction of sp³-hybridized carbons (Fsp3) is 0.429. The molecule has 0 amide bonds. The second-order valence-electron chi connectivity index (χ2n) is 7.56. The van der Waals surface area contributed by atoms with E-state index in [1.807, 2.05) is 12.1 Å². The van der Waals surface area contributed by atoms with Gasteiger partial charge in [0.15, 0.2) is 0 Å². The molecule has 29 heavy (non-hydrogen) atoms. The number of carboxylic acid groups (broad SMARTS) is 1. The third-order valence-corrected chi connectivity index (χ3v) is 6.49. The molecular formula is C21H22Cl2N2O4. The number of pyridine rings is 1.